The molecule has 1 aromatic rings. The van der Waals surface area contributed by atoms with Crippen molar-refractivity contribution in [3.63, 3.8) is 0 Å². The summed E-state index contributed by atoms with van der Waals surface area (Å²) in [5, 5.41) is 2.87. The third-order valence-corrected chi connectivity index (χ3v) is 3.16. The lowest BCUT2D eigenvalue weighted by Gasteiger charge is -2.08. The second kappa shape index (κ2) is 5.47. The van der Waals surface area contributed by atoms with Crippen LogP contribution in [-0.2, 0) is 20.8 Å². The Kier molecular flexibility index (Phi) is 3.75. The van der Waals surface area contributed by atoms with Gasteiger partial charge in [0.15, 0.2) is 0 Å². The Morgan fingerprint density at radius 1 is 1.33 bits per heavy atom. The zero-order valence-corrected chi connectivity index (χ0v) is 9.77. The van der Waals surface area contributed by atoms with Gasteiger partial charge in [-0.15, -0.1) is 0 Å². The summed E-state index contributed by atoms with van der Waals surface area (Å²) in [5.41, 5.74) is 2.55. The van der Waals surface area contributed by atoms with Crippen molar-refractivity contribution in [2.45, 2.75) is 18.8 Å². The first-order chi connectivity index (χ1) is 8.74. The molecule has 94 valence electrons. The Balaban J connectivity index is 0.000000367. The van der Waals surface area contributed by atoms with Gasteiger partial charge in [-0.05, 0) is 17.2 Å². The average Bonchev–Trinajstić information content (AvgIpc) is 2.97. The molecule has 0 unspecified atom stereocenters. The first-order valence-electron chi connectivity index (χ1n) is 5.76. The van der Waals surface area contributed by atoms with Gasteiger partial charge in [0, 0.05) is 25.3 Å². The molecule has 2 heterocycles. The van der Waals surface area contributed by atoms with Crippen LogP contribution in [0.25, 0.3) is 0 Å². The quantitative estimate of drug-likeness (QED) is 0.790. The molecule has 1 fully saturated rings. The van der Waals surface area contributed by atoms with Crippen LogP contribution in [-0.4, -0.2) is 25.2 Å². The highest BCUT2D eigenvalue weighted by molar-refractivity contribution is 5.79. The first-order valence-corrected chi connectivity index (χ1v) is 5.76. The molecule has 2 aliphatic heterocycles. The molecule has 3 rings (SSSR count). The zero-order chi connectivity index (χ0) is 13.0. The monoisotopic (exact) mass is 247 g/mol. The Hall–Kier alpha value is -2.13. The minimum atomic E-state index is 0.164. The summed E-state index contributed by atoms with van der Waals surface area (Å²) >= 11 is 0. The molecule has 1 amide bonds. The average molecular weight is 247 g/mol. The number of ether oxygens (including phenoxy) is 1. The number of benzene rings is 1. The number of amides is 1. The SMILES string of the molecule is O=C1C[C@H](c2ccc3c(c2)CCO3)CN1.O=C=O. The van der Waals surface area contributed by atoms with Crippen LogP contribution in [0.4, 0.5) is 0 Å². The molecular formula is C13H13NO4. The van der Waals surface area contributed by atoms with E-state index in [9.17, 15) is 4.79 Å². The minimum Gasteiger partial charge on any atom is -0.493 e. The first kappa shape index (κ1) is 12.3. The van der Waals surface area contributed by atoms with Gasteiger partial charge in [-0.25, -0.2) is 0 Å². The smallest absolute Gasteiger partial charge is 0.373 e. The standard InChI is InChI=1S/C12H13NO2.CO2/c14-12-6-10(7-13-12)8-1-2-11-9(5-8)3-4-15-11;2-1-3/h1-2,5,10H,3-4,6-7H2,(H,13,14);/t10-;/m0./s1. The van der Waals surface area contributed by atoms with E-state index in [2.05, 4.69) is 17.4 Å². The predicted octanol–water partition coefficient (Wildman–Crippen LogP) is 0.641. The van der Waals surface area contributed by atoms with E-state index in [0.29, 0.717) is 12.3 Å². The molecule has 5 heteroatoms. The lowest BCUT2D eigenvalue weighted by Crippen LogP contribution is -2.13. The van der Waals surface area contributed by atoms with Crippen LogP contribution < -0.4 is 10.1 Å². The number of fused-ring (bicyclic) bond motifs is 1. The molecule has 0 aliphatic carbocycles. The summed E-state index contributed by atoms with van der Waals surface area (Å²) in [6.45, 7) is 1.57. The lowest BCUT2D eigenvalue weighted by molar-refractivity contribution is -0.191. The molecule has 1 aromatic carbocycles. The summed E-state index contributed by atoms with van der Waals surface area (Å²) in [4.78, 5) is 27.4. The highest BCUT2D eigenvalue weighted by Gasteiger charge is 2.24. The molecule has 2 aliphatic rings. The van der Waals surface area contributed by atoms with E-state index >= 15 is 0 Å². The highest BCUT2D eigenvalue weighted by atomic mass is 16.5. The van der Waals surface area contributed by atoms with Crippen LogP contribution >= 0.6 is 0 Å². The van der Waals surface area contributed by atoms with Crippen LogP contribution in [0.15, 0.2) is 18.2 Å². The van der Waals surface area contributed by atoms with E-state index in [1.54, 1.807) is 0 Å². The number of carbonyl (C=O) groups is 1. The lowest BCUT2D eigenvalue weighted by atomic mass is 9.96. The highest BCUT2D eigenvalue weighted by Crippen LogP contribution is 2.30. The van der Waals surface area contributed by atoms with Crippen LogP contribution in [0.3, 0.4) is 0 Å². The van der Waals surface area contributed by atoms with Crippen molar-refractivity contribution in [2.75, 3.05) is 13.2 Å². The molecule has 1 atom stereocenters. The fraction of sp³-hybridized carbons (Fsp3) is 0.385. The molecule has 0 bridgehead atoms. The number of carbonyl (C=O) groups excluding carboxylic acids is 3. The van der Waals surface area contributed by atoms with Gasteiger partial charge < -0.3 is 10.1 Å². The van der Waals surface area contributed by atoms with Crippen LogP contribution in [0, 0.1) is 0 Å². The zero-order valence-electron chi connectivity index (χ0n) is 9.77. The van der Waals surface area contributed by atoms with Gasteiger partial charge in [0.25, 0.3) is 0 Å². The Morgan fingerprint density at radius 2 is 2.11 bits per heavy atom. The van der Waals surface area contributed by atoms with E-state index in [4.69, 9.17) is 14.3 Å². The summed E-state index contributed by atoms with van der Waals surface area (Å²) in [6.07, 6.45) is 1.87. The number of nitrogens with one attached hydrogen (secondary N) is 1. The van der Waals surface area contributed by atoms with Gasteiger partial charge >= 0.3 is 6.15 Å². The maximum atomic E-state index is 11.1. The van der Waals surface area contributed by atoms with E-state index < -0.39 is 0 Å². The molecule has 5 nitrogen and oxygen atoms in total. The van der Waals surface area contributed by atoms with E-state index in [0.717, 1.165) is 25.3 Å². The van der Waals surface area contributed by atoms with Gasteiger partial charge in [-0.1, -0.05) is 12.1 Å². The Morgan fingerprint density at radius 3 is 2.78 bits per heavy atom. The summed E-state index contributed by atoms with van der Waals surface area (Å²) in [5.74, 6) is 1.52. The van der Waals surface area contributed by atoms with Crippen LogP contribution in [0.2, 0.25) is 0 Å². The molecule has 18 heavy (non-hydrogen) atoms. The predicted molar refractivity (Wildman–Crippen MR) is 61.0 cm³/mol. The van der Waals surface area contributed by atoms with Crippen molar-refractivity contribution in [3.8, 4) is 5.75 Å². The maximum absolute atomic E-state index is 11.1. The van der Waals surface area contributed by atoms with Gasteiger partial charge in [-0.3, -0.25) is 4.79 Å². The molecule has 0 aromatic heterocycles. The second-order valence-corrected chi connectivity index (χ2v) is 4.25. The Bertz CT molecular complexity index is 492. The third kappa shape index (κ3) is 2.57. The fourth-order valence-electron chi connectivity index (χ4n) is 2.30. The van der Waals surface area contributed by atoms with Crippen molar-refractivity contribution in [1.29, 1.82) is 0 Å². The fourth-order valence-corrected chi connectivity index (χ4v) is 2.30. The van der Waals surface area contributed by atoms with Gasteiger partial charge in [0.05, 0.1) is 6.61 Å². The van der Waals surface area contributed by atoms with E-state index in [-0.39, 0.29) is 12.1 Å². The van der Waals surface area contributed by atoms with Crippen molar-refractivity contribution in [2.24, 2.45) is 0 Å². The van der Waals surface area contributed by atoms with Crippen molar-refractivity contribution >= 4 is 12.1 Å². The van der Waals surface area contributed by atoms with Crippen molar-refractivity contribution in [1.82, 2.24) is 5.32 Å². The molecule has 0 radical (unpaired) electrons. The minimum absolute atomic E-state index is 0.164. The van der Waals surface area contributed by atoms with Gasteiger partial charge in [0.1, 0.15) is 5.75 Å². The van der Waals surface area contributed by atoms with Crippen LogP contribution in [0.1, 0.15) is 23.5 Å². The third-order valence-electron chi connectivity index (χ3n) is 3.16. The van der Waals surface area contributed by atoms with E-state index in [1.165, 1.54) is 11.1 Å². The summed E-state index contributed by atoms with van der Waals surface area (Å²) < 4.78 is 5.45. The van der Waals surface area contributed by atoms with Gasteiger partial charge in [0.2, 0.25) is 5.91 Å². The van der Waals surface area contributed by atoms with Crippen molar-refractivity contribution in [3.05, 3.63) is 29.3 Å². The molecule has 0 saturated carbocycles. The molecule has 1 N–H and O–H groups in total. The summed E-state index contributed by atoms with van der Waals surface area (Å²) in [7, 11) is 0. The van der Waals surface area contributed by atoms with Gasteiger partial charge in [-0.2, -0.15) is 9.59 Å². The molecular weight excluding hydrogens is 234 g/mol. The number of hydrogen-bond donors (Lipinski definition) is 1. The summed E-state index contributed by atoms with van der Waals surface area (Å²) in [6, 6.07) is 6.29. The van der Waals surface area contributed by atoms with Crippen molar-refractivity contribution < 1.29 is 19.1 Å². The van der Waals surface area contributed by atoms with Crippen LogP contribution in [0.5, 0.6) is 5.75 Å². The number of rotatable bonds is 1. The number of hydrogen-bond acceptors (Lipinski definition) is 4. The largest absolute Gasteiger partial charge is 0.493 e. The maximum Gasteiger partial charge on any atom is 0.373 e. The van der Waals surface area contributed by atoms with E-state index in [1.807, 2.05) is 6.07 Å². The topological polar surface area (TPSA) is 72.5 Å². The second-order valence-electron chi connectivity index (χ2n) is 4.25. The molecule has 1 saturated heterocycles. The Labute approximate surface area is 104 Å². The normalized spacial score (nSPS) is 20.0. The molecule has 0 spiro atoms.